The highest BCUT2D eigenvalue weighted by Crippen LogP contribution is 2.32. The smallest absolute Gasteiger partial charge is 0.128 e. The monoisotopic (exact) mass is 263 g/mol. The van der Waals surface area contributed by atoms with Gasteiger partial charge in [0.15, 0.2) is 0 Å². The van der Waals surface area contributed by atoms with E-state index in [-0.39, 0.29) is 18.2 Å². The highest BCUT2D eigenvalue weighted by atomic mass is 35.5. The van der Waals surface area contributed by atoms with Crippen molar-refractivity contribution in [3.63, 3.8) is 0 Å². The molecule has 1 aliphatic rings. The summed E-state index contributed by atoms with van der Waals surface area (Å²) in [5, 5.41) is 3.79. The van der Waals surface area contributed by atoms with Gasteiger partial charge in [-0.15, -0.1) is 12.4 Å². The molecule has 0 bridgehead atoms. The first kappa shape index (κ1) is 13.8. The van der Waals surface area contributed by atoms with Crippen LogP contribution < -0.4 is 5.32 Å². The third kappa shape index (κ3) is 2.88. The van der Waals surface area contributed by atoms with Gasteiger partial charge in [-0.25, -0.2) is 4.39 Å². The first-order valence-electron chi connectivity index (χ1n) is 5.34. The second-order valence-electron chi connectivity index (χ2n) is 4.24. The molecule has 2 rings (SSSR count). The SMILES string of the molecule is C[C@H]1CNCC[C@H]1c1ccc(Cl)cc1F.Cl. The molecule has 0 radical (unpaired) electrons. The minimum atomic E-state index is -0.166. The molecule has 0 aliphatic carbocycles. The number of halogens is 3. The van der Waals surface area contributed by atoms with Gasteiger partial charge in [0.1, 0.15) is 5.82 Å². The van der Waals surface area contributed by atoms with E-state index in [1.807, 2.05) is 6.07 Å². The van der Waals surface area contributed by atoms with Gasteiger partial charge in [-0.05, 0) is 49.0 Å². The van der Waals surface area contributed by atoms with Gasteiger partial charge in [-0.2, -0.15) is 0 Å². The summed E-state index contributed by atoms with van der Waals surface area (Å²) in [4.78, 5) is 0. The quantitative estimate of drug-likeness (QED) is 0.817. The Kier molecular flexibility index (Phi) is 5.03. The van der Waals surface area contributed by atoms with Crippen LogP contribution in [0.1, 0.15) is 24.8 Å². The number of rotatable bonds is 1. The van der Waals surface area contributed by atoms with Gasteiger partial charge in [0.25, 0.3) is 0 Å². The molecule has 0 unspecified atom stereocenters. The van der Waals surface area contributed by atoms with E-state index in [4.69, 9.17) is 11.6 Å². The Bertz CT molecular complexity index is 357. The maximum atomic E-state index is 13.7. The van der Waals surface area contributed by atoms with E-state index in [0.717, 1.165) is 25.1 Å². The molecule has 0 aromatic heterocycles. The van der Waals surface area contributed by atoms with Crippen molar-refractivity contribution in [3.05, 3.63) is 34.6 Å². The third-order valence-corrected chi connectivity index (χ3v) is 3.38. The lowest BCUT2D eigenvalue weighted by atomic mass is 9.82. The lowest BCUT2D eigenvalue weighted by Crippen LogP contribution is -2.34. The van der Waals surface area contributed by atoms with Crippen LogP contribution in [-0.2, 0) is 0 Å². The zero-order valence-electron chi connectivity index (χ0n) is 9.17. The predicted octanol–water partition coefficient (Wildman–Crippen LogP) is 3.61. The first-order valence-corrected chi connectivity index (χ1v) is 5.72. The summed E-state index contributed by atoms with van der Waals surface area (Å²) in [6, 6.07) is 5.00. The van der Waals surface area contributed by atoms with E-state index in [1.165, 1.54) is 6.07 Å². The summed E-state index contributed by atoms with van der Waals surface area (Å²) in [5.74, 6) is 0.638. The fourth-order valence-corrected chi connectivity index (χ4v) is 2.44. The molecule has 0 amide bonds. The van der Waals surface area contributed by atoms with Crippen molar-refractivity contribution in [1.82, 2.24) is 5.32 Å². The summed E-state index contributed by atoms with van der Waals surface area (Å²) in [7, 11) is 0. The lowest BCUT2D eigenvalue weighted by molar-refractivity contribution is 0.341. The normalized spacial score (nSPS) is 24.9. The Balaban J connectivity index is 0.00000128. The van der Waals surface area contributed by atoms with Crippen LogP contribution in [0.2, 0.25) is 5.02 Å². The van der Waals surface area contributed by atoms with Gasteiger partial charge in [0.2, 0.25) is 0 Å². The molecule has 0 saturated carbocycles. The Hall–Kier alpha value is -0.310. The average molecular weight is 264 g/mol. The number of hydrogen-bond acceptors (Lipinski definition) is 1. The zero-order chi connectivity index (χ0) is 10.8. The fourth-order valence-electron chi connectivity index (χ4n) is 2.28. The van der Waals surface area contributed by atoms with Crippen molar-refractivity contribution >= 4 is 24.0 Å². The number of nitrogens with one attached hydrogen (secondary N) is 1. The summed E-state index contributed by atoms with van der Waals surface area (Å²) >= 11 is 5.74. The van der Waals surface area contributed by atoms with Crippen LogP contribution in [0.5, 0.6) is 0 Å². The summed E-state index contributed by atoms with van der Waals surface area (Å²) < 4.78 is 13.7. The molecule has 1 saturated heterocycles. The molecular formula is C12H16Cl2FN. The number of piperidine rings is 1. The minimum absolute atomic E-state index is 0. The molecule has 1 nitrogen and oxygen atoms in total. The summed E-state index contributed by atoms with van der Waals surface area (Å²) in [6.45, 7) is 4.09. The molecule has 90 valence electrons. The van der Waals surface area contributed by atoms with Crippen molar-refractivity contribution in [1.29, 1.82) is 0 Å². The average Bonchev–Trinajstić information content (AvgIpc) is 2.20. The topological polar surface area (TPSA) is 12.0 Å². The second kappa shape index (κ2) is 5.85. The van der Waals surface area contributed by atoms with Crippen LogP contribution in [0.3, 0.4) is 0 Å². The molecule has 16 heavy (non-hydrogen) atoms. The standard InChI is InChI=1S/C12H15ClFN.ClH/c1-8-7-15-5-4-10(8)11-3-2-9(13)6-12(11)14;/h2-3,6,8,10,15H,4-5,7H2,1H3;1H/t8-,10+;/m0./s1. The molecular weight excluding hydrogens is 248 g/mol. The first-order chi connectivity index (χ1) is 7.18. The molecule has 1 heterocycles. The molecule has 2 atom stereocenters. The van der Waals surface area contributed by atoms with Crippen LogP contribution in [0.4, 0.5) is 4.39 Å². The third-order valence-electron chi connectivity index (χ3n) is 3.15. The molecule has 0 spiro atoms. The van der Waals surface area contributed by atoms with Gasteiger partial charge >= 0.3 is 0 Å². The molecule has 1 aliphatic heterocycles. The van der Waals surface area contributed by atoms with Crippen LogP contribution in [-0.4, -0.2) is 13.1 Å². The van der Waals surface area contributed by atoms with Gasteiger partial charge in [-0.1, -0.05) is 24.6 Å². The van der Waals surface area contributed by atoms with Gasteiger partial charge < -0.3 is 5.32 Å². The molecule has 1 aromatic rings. The zero-order valence-corrected chi connectivity index (χ0v) is 10.7. The minimum Gasteiger partial charge on any atom is -0.316 e. The van der Waals surface area contributed by atoms with E-state index in [1.54, 1.807) is 6.07 Å². The van der Waals surface area contributed by atoms with E-state index >= 15 is 0 Å². The molecule has 4 heteroatoms. The lowest BCUT2D eigenvalue weighted by Gasteiger charge is -2.30. The van der Waals surface area contributed by atoms with Crippen molar-refractivity contribution in [2.75, 3.05) is 13.1 Å². The maximum absolute atomic E-state index is 13.7. The van der Waals surface area contributed by atoms with Gasteiger partial charge in [0.05, 0.1) is 0 Å². The Morgan fingerprint density at radius 3 is 2.81 bits per heavy atom. The van der Waals surface area contributed by atoms with Crippen molar-refractivity contribution in [3.8, 4) is 0 Å². The van der Waals surface area contributed by atoms with Crippen LogP contribution in [0.25, 0.3) is 0 Å². The largest absolute Gasteiger partial charge is 0.316 e. The van der Waals surface area contributed by atoms with Gasteiger partial charge in [-0.3, -0.25) is 0 Å². The highest BCUT2D eigenvalue weighted by Gasteiger charge is 2.24. The van der Waals surface area contributed by atoms with E-state index in [0.29, 0.717) is 16.9 Å². The van der Waals surface area contributed by atoms with E-state index < -0.39 is 0 Å². The van der Waals surface area contributed by atoms with E-state index in [2.05, 4.69) is 12.2 Å². The predicted molar refractivity (Wildman–Crippen MR) is 68.0 cm³/mol. The Morgan fingerprint density at radius 1 is 1.44 bits per heavy atom. The summed E-state index contributed by atoms with van der Waals surface area (Å²) in [6.07, 6.45) is 1.000. The van der Waals surface area contributed by atoms with Crippen molar-refractivity contribution < 1.29 is 4.39 Å². The van der Waals surface area contributed by atoms with Gasteiger partial charge in [0, 0.05) is 5.02 Å². The van der Waals surface area contributed by atoms with Crippen LogP contribution >= 0.6 is 24.0 Å². The molecule has 1 aromatic carbocycles. The van der Waals surface area contributed by atoms with Crippen molar-refractivity contribution in [2.24, 2.45) is 5.92 Å². The Morgan fingerprint density at radius 2 is 2.19 bits per heavy atom. The van der Waals surface area contributed by atoms with Crippen LogP contribution in [0, 0.1) is 11.7 Å². The Labute approximate surface area is 107 Å². The molecule has 1 N–H and O–H groups in total. The fraction of sp³-hybridized carbons (Fsp3) is 0.500. The summed E-state index contributed by atoms with van der Waals surface area (Å²) in [5.41, 5.74) is 0.813. The number of hydrogen-bond donors (Lipinski definition) is 1. The second-order valence-corrected chi connectivity index (χ2v) is 4.68. The van der Waals surface area contributed by atoms with Crippen LogP contribution in [0.15, 0.2) is 18.2 Å². The van der Waals surface area contributed by atoms with Crippen molar-refractivity contribution in [2.45, 2.75) is 19.3 Å². The molecule has 1 fully saturated rings. The number of benzene rings is 1. The highest BCUT2D eigenvalue weighted by molar-refractivity contribution is 6.30. The maximum Gasteiger partial charge on any atom is 0.128 e. The van der Waals surface area contributed by atoms with E-state index in [9.17, 15) is 4.39 Å².